The fraction of sp³-hybridized carbons (Fsp3) is 0.0833. The SMILES string of the molecule is O=C(O)c1occc1COc1c(Cl)c(Cl)c(Cl)c(Cl)c1Cl. The van der Waals surface area contributed by atoms with Crippen LogP contribution in [0.4, 0.5) is 0 Å². The van der Waals surface area contributed by atoms with Gasteiger partial charge in [-0.05, 0) is 6.07 Å². The van der Waals surface area contributed by atoms with Crippen molar-refractivity contribution in [2.24, 2.45) is 0 Å². The number of benzene rings is 1. The van der Waals surface area contributed by atoms with Crippen LogP contribution in [0.5, 0.6) is 5.75 Å². The van der Waals surface area contributed by atoms with Crippen molar-refractivity contribution in [3.63, 3.8) is 0 Å². The van der Waals surface area contributed by atoms with Crippen molar-refractivity contribution in [1.29, 1.82) is 0 Å². The van der Waals surface area contributed by atoms with Crippen molar-refractivity contribution >= 4 is 64.0 Å². The Labute approximate surface area is 144 Å². The first kappa shape index (κ1) is 16.6. The minimum Gasteiger partial charge on any atom is -0.486 e. The number of furan rings is 1. The molecule has 0 amide bonds. The molecule has 1 aromatic carbocycles. The summed E-state index contributed by atoms with van der Waals surface area (Å²) in [4.78, 5) is 10.9. The van der Waals surface area contributed by atoms with E-state index in [4.69, 9.17) is 72.3 Å². The molecule has 0 aliphatic heterocycles. The van der Waals surface area contributed by atoms with Crippen molar-refractivity contribution in [3.05, 3.63) is 48.8 Å². The molecule has 4 nitrogen and oxygen atoms in total. The topological polar surface area (TPSA) is 59.7 Å². The number of hydrogen-bond acceptors (Lipinski definition) is 3. The van der Waals surface area contributed by atoms with Crippen molar-refractivity contribution in [2.45, 2.75) is 6.61 Å². The third kappa shape index (κ3) is 3.20. The maximum Gasteiger partial charge on any atom is 0.372 e. The van der Waals surface area contributed by atoms with Gasteiger partial charge in [0.1, 0.15) is 16.7 Å². The standard InChI is InChI=1S/C12H5Cl5O4/c13-5-6(14)8(16)11(9(17)7(5)15)21-3-4-1-2-20-10(4)12(18)19/h1-2H,3H2,(H,18,19). The first-order valence-electron chi connectivity index (χ1n) is 5.28. The van der Waals surface area contributed by atoms with Crippen LogP contribution in [0.1, 0.15) is 16.1 Å². The van der Waals surface area contributed by atoms with Crippen molar-refractivity contribution in [1.82, 2.24) is 0 Å². The average molecular weight is 390 g/mol. The van der Waals surface area contributed by atoms with Crippen LogP contribution in [0.3, 0.4) is 0 Å². The number of ether oxygens (including phenoxy) is 1. The summed E-state index contributed by atoms with van der Waals surface area (Å²) >= 11 is 29.6. The molecule has 1 heterocycles. The summed E-state index contributed by atoms with van der Waals surface area (Å²) in [5, 5.41) is 8.89. The van der Waals surface area contributed by atoms with Gasteiger partial charge in [-0.25, -0.2) is 4.79 Å². The van der Waals surface area contributed by atoms with Gasteiger partial charge in [0.2, 0.25) is 5.76 Å². The second-order valence-corrected chi connectivity index (χ2v) is 5.66. The van der Waals surface area contributed by atoms with Crippen LogP contribution in [-0.4, -0.2) is 11.1 Å². The molecule has 2 rings (SSSR count). The van der Waals surface area contributed by atoms with Gasteiger partial charge in [-0.15, -0.1) is 0 Å². The Bertz CT molecular complexity index is 681. The van der Waals surface area contributed by atoms with Gasteiger partial charge in [0.25, 0.3) is 0 Å². The number of carboxylic acid groups (broad SMARTS) is 1. The number of carbonyl (C=O) groups is 1. The summed E-state index contributed by atoms with van der Waals surface area (Å²) in [5.41, 5.74) is 0.303. The largest absolute Gasteiger partial charge is 0.486 e. The van der Waals surface area contributed by atoms with E-state index in [1.165, 1.54) is 12.3 Å². The molecule has 0 spiro atoms. The van der Waals surface area contributed by atoms with E-state index in [0.29, 0.717) is 5.56 Å². The normalized spacial score (nSPS) is 10.7. The zero-order valence-corrected chi connectivity index (χ0v) is 13.7. The summed E-state index contributed by atoms with van der Waals surface area (Å²) in [6.45, 7) is -0.147. The Morgan fingerprint density at radius 2 is 1.57 bits per heavy atom. The Hall–Kier alpha value is -0.780. The minimum atomic E-state index is -1.22. The molecule has 112 valence electrons. The monoisotopic (exact) mass is 388 g/mol. The molecule has 2 aromatic rings. The summed E-state index contributed by atoms with van der Waals surface area (Å²) in [5.74, 6) is -1.45. The summed E-state index contributed by atoms with van der Waals surface area (Å²) in [6, 6.07) is 1.45. The molecule has 0 radical (unpaired) electrons. The third-order valence-electron chi connectivity index (χ3n) is 2.48. The zero-order chi connectivity index (χ0) is 15.7. The molecule has 9 heteroatoms. The Kier molecular flexibility index (Phi) is 5.17. The number of carboxylic acids is 1. The van der Waals surface area contributed by atoms with Gasteiger partial charge >= 0.3 is 5.97 Å². The first-order chi connectivity index (χ1) is 9.84. The highest BCUT2D eigenvalue weighted by atomic mass is 35.5. The van der Waals surface area contributed by atoms with Gasteiger partial charge in [-0.3, -0.25) is 0 Å². The van der Waals surface area contributed by atoms with Crippen LogP contribution in [0.2, 0.25) is 25.1 Å². The lowest BCUT2D eigenvalue weighted by Gasteiger charge is -2.13. The van der Waals surface area contributed by atoms with Gasteiger partial charge in [-0.1, -0.05) is 58.0 Å². The molecule has 0 bridgehead atoms. The van der Waals surface area contributed by atoms with Crippen LogP contribution in [-0.2, 0) is 6.61 Å². The summed E-state index contributed by atoms with van der Waals surface area (Å²) in [6.07, 6.45) is 1.23. The van der Waals surface area contributed by atoms with Gasteiger partial charge in [0.15, 0.2) is 5.75 Å². The lowest BCUT2D eigenvalue weighted by molar-refractivity contribution is 0.0658. The van der Waals surface area contributed by atoms with E-state index in [9.17, 15) is 4.79 Å². The molecule has 1 N–H and O–H groups in total. The highest BCUT2D eigenvalue weighted by Crippen LogP contribution is 2.48. The Morgan fingerprint density at radius 3 is 2.10 bits per heavy atom. The second kappa shape index (κ2) is 6.55. The number of halogens is 5. The molecule has 1 aromatic heterocycles. The summed E-state index contributed by atoms with van der Waals surface area (Å²) < 4.78 is 10.2. The smallest absolute Gasteiger partial charge is 0.372 e. The predicted octanol–water partition coefficient (Wildman–Crippen LogP) is 5.82. The van der Waals surface area contributed by atoms with Crippen LogP contribution in [0, 0.1) is 0 Å². The van der Waals surface area contributed by atoms with Crippen LogP contribution >= 0.6 is 58.0 Å². The van der Waals surface area contributed by atoms with Gasteiger partial charge in [-0.2, -0.15) is 0 Å². The number of aromatic carboxylic acids is 1. The quantitative estimate of drug-likeness (QED) is 0.528. The third-order valence-corrected chi connectivity index (χ3v) is 4.72. The van der Waals surface area contributed by atoms with Gasteiger partial charge in [0.05, 0.1) is 21.3 Å². The van der Waals surface area contributed by atoms with E-state index in [-0.39, 0.29) is 43.2 Å². The number of hydrogen-bond donors (Lipinski definition) is 1. The van der Waals surface area contributed by atoms with Crippen molar-refractivity contribution < 1.29 is 19.1 Å². The molecule has 0 saturated carbocycles. The van der Waals surface area contributed by atoms with Crippen molar-refractivity contribution in [3.8, 4) is 5.75 Å². The van der Waals surface area contributed by atoms with E-state index >= 15 is 0 Å². The Morgan fingerprint density at radius 1 is 1.05 bits per heavy atom. The fourth-order valence-electron chi connectivity index (χ4n) is 1.50. The van der Waals surface area contributed by atoms with E-state index in [1.54, 1.807) is 0 Å². The van der Waals surface area contributed by atoms with Crippen molar-refractivity contribution in [2.75, 3.05) is 0 Å². The molecule has 0 fully saturated rings. The maximum absolute atomic E-state index is 10.9. The zero-order valence-electron chi connectivity index (χ0n) is 9.92. The second-order valence-electron chi connectivity index (χ2n) is 3.77. The summed E-state index contributed by atoms with van der Waals surface area (Å²) in [7, 11) is 0. The fourth-order valence-corrected chi connectivity index (χ4v) is 2.73. The highest BCUT2D eigenvalue weighted by Gasteiger charge is 2.22. The average Bonchev–Trinajstić information content (AvgIpc) is 2.91. The van der Waals surface area contributed by atoms with Crippen LogP contribution in [0.25, 0.3) is 0 Å². The van der Waals surface area contributed by atoms with E-state index in [1.807, 2.05) is 0 Å². The van der Waals surface area contributed by atoms with Gasteiger partial charge < -0.3 is 14.3 Å². The lowest BCUT2D eigenvalue weighted by Crippen LogP contribution is -2.03. The lowest BCUT2D eigenvalue weighted by atomic mass is 10.2. The molecule has 0 saturated heterocycles. The van der Waals surface area contributed by atoms with Crippen LogP contribution < -0.4 is 4.74 Å². The van der Waals surface area contributed by atoms with Crippen LogP contribution in [0.15, 0.2) is 16.7 Å². The molecule has 0 atom stereocenters. The molecule has 0 aliphatic carbocycles. The molecular formula is C12H5Cl5O4. The van der Waals surface area contributed by atoms with E-state index in [0.717, 1.165) is 0 Å². The highest BCUT2D eigenvalue weighted by molar-refractivity contribution is 6.55. The first-order valence-corrected chi connectivity index (χ1v) is 7.17. The van der Waals surface area contributed by atoms with Gasteiger partial charge in [0, 0.05) is 5.56 Å². The minimum absolute atomic E-state index is 0.00612. The molecule has 21 heavy (non-hydrogen) atoms. The molecule has 0 aliphatic rings. The molecular weight excluding hydrogens is 385 g/mol. The number of rotatable bonds is 4. The van der Waals surface area contributed by atoms with E-state index < -0.39 is 5.97 Å². The predicted molar refractivity (Wildman–Crippen MR) is 81.5 cm³/mol. The Balaban J connectivity index is 2.33. The van der Waals surface area contributed by atoms with E-state index in [2.05, 4.69) is 0 Å². The molecule has 0 unspecified atom stereocenters. The maximum atomic E-state index is 10.9.